The number of nitrogens with zero attached hydrogens (tertiary/aromatic N) is 6. The Bertz CT molecular complexity index is 1850. The van der Waals surface area contributed by atoms with Crippen molar-refractivity contribution in [3.8, 4) is 22.4 Å². The van der Waals surface area contributed by atoms with Crippen LogP contribution in [-0.2, 0) is 14.2 Å². The first kappa shape index (κ1) is 40.8. The van der Waals surface area contributed by atoms with E-state index in [0.717, 1.165) is 80.9 Å². The highest BCUT2D eigenvalue weighted by Crippen LogP contribution is 2.46. The van der Waals surface area contributed by atoms with Crippen molar-refractivity contribution in [1.29, 1.82) is 0 Å². The van der Waals surface area contributed by atoms with Gasteiger partial charge in [0.1, 0.15) is 19.1 Å². The van der Waals surface area contributed by atoms with Crippen molar-refractivity contribution in [2.24, 2.45) is 0 Å². The van der Waals surface area contributed by atoms with Crippen molar-refractivity contribution in [1.82, 2.24) is 24.5 Å². The molecular weight excluding hydrogens is 824 g/mol. The molecule has 0 spiro atoms. The monoisotopic (exact) mass is 882 g/mol. The number of benzene rings is 1. The van der Waals surface area contributed by atoms with Crippen molar-refractivity contribution in [3.05, 3.63) is 64.1 Å². The lowest BCUT2D eigenvalue weighted by molar-refractivity contribution is 0.00566. The number of hydrogen-bond acceptors (Lipinski definition) is 8. The second-order valence-electron chi connectivity index (χ2n) is 18.4. The van der Waals surface area contributed by atoms with Crippen LogP contribution in [-0.4, -0.2) is 91.1 Å². The minimum absolute atomic E-state index is 0.117. The molecule has 2 fully saturated rings. The molecule has 2 saturated heterocycles. The summed E-state index contributed by atoms with van der Waals surface area (Å²) in [6.45, 7) is 22.3. The molecule has 1 amide bonds. The molecule has 0 aliphatic carbocycles. The van der Waals surface area contributed by atoms with Crippen molar-refractivity contribution < 1.29 is 19.0 Å². The normalized spacial score (nSPS) is 19.1. The van der Waals surface area contributed by atoms with Crippen molar-refractivity contribution >= 4 is 56.3 Å². The number of carbonyl (C=O) groups excluding carboxylic acids is 1. The molecule has 5 heterocycles. The maximum Gasteiger partial charge on any atom is 0.410 e. The summed E-state index contributed by atoms with van der Waals surface area (Å²) in [4.78, 5) is 27.9. The predicted octanol–water partition coefficient (Wildman–Crippen LogP) is 10.1. The summed E-state index contributed by atoms with van der Waals surface area (Å²) < 4.78 is 21.8. The standard InChI is InChI=1S/C41H59IN6O4Si2/c1-41(2,3)52-40(49)47-32-16-17-33(47)24-31(23-32)37-36(42)39(46(27-50-19-21-53(4,5)6)28-51-20-22-54(7,8)9)48-38(45-37)34(26-44-48)30-15-18-35(43-25-30)29-13-11-10-12-14-29/h10-15,18,25-26,31-33H,16-17,19-24,27-28H2,1-9H3/t31-,32+,33-. The van der Waals surface area contributed by atoms with E-state index >= 15 is 0 Å². The number of pyridine rings is 1. The third-order valence-corrected chi connectivity index (χ3v) is 14.7. The number of ether oxygens (including phenoxy) is 3. The van der Waals surface area contributed by atoms with E-state index in [1.54, 1.807) is 0 Å². The highest BCUT2D eigenvalue weighted by molar-refractivity contribution is 14.1. The fraction of sp³-hybridized carbons (Fsp3) is 0.561. The largest absolute Gasteiger partial charge is 0.444 e. The van der Waals surface area contributed by atoms with Crippen LogP contribution in [0.2, 0.25) is 51.4 Å². The van der Waals surface area contributed by atoms with Crippen LogP contribution in [0.5, 0.6) is 0 Å². The van der Waals surface area contributed by atoms with E-state index < -0.39 is 21.7 Å². The summed E-state index contributed by atoms with van der Waals surface area (Å²) in [6, 6.07) is 16.8. The first-order valence-electron chi connectivity index (χ1n) is 19.5. The lowest BCUT2D eigenvalue weighted by Gasteiger charge is -2.39. The van der Waals surface area contributed by atoms with Gasteiger partial charge in [0, 0.05) is 70.3 Å². The van der Waals surface area contributed by atoms with Crippen molar-refractivity contribution in [2.45, 2.75) is 121 Å². The Morgan fingerprint density at radius 1 is 0.870 bits per heavy atom. The number of halogens is 1. The molecule has 0 radical (unpaired) electrons. The molecule has 1 aromatic carbocycles. The number of aromatic nitrogens is 4. The van der Waals surface area contributed by atoms with Crippen LogP contribution in [0.15, 0.2) is 54.9 Å². The van der Waals surface area contributed by atoms with Gasteiger partial charge in [0.15, 0.2) is 11.5 Å². The Hall–Kier alpha value is -2.86. The molecule has 0 unspecified atom stereocenters. The van der Waals surface area contributed by atoms with E-state index in [0.29, 0.717) is 26.7 Å². The number of hydrogen-bond donors (Lipinski definition) is 0. The van der Waals surface area contributed by atoms with Gasteiger partial charge in [-0.05, 0) is 87.2 Å². The van der Waals surface area contributed by atoms with Gasteiger partial charge < -0.3 is 24.0 Å². The quantitative estimate of drug-likeness (QED) is 0.0535. The highest BCUT2D eigenvalue weighted by atomic mass is 127. The molecule has 54 heavy (non-hydrogen) atoms. The molecular formula is C41H59IN6O4Si2. The minimum Gasteiger partial charge on any atom is -0.444 e. The minimum atomic E-state index is -1.28. The van der Waals surface area contributed by atoms with Crippen LogP contribution in [0.25, 0.3) is 28.0 Å². The van der Waals surface area contributed by atoms with Gasteiger partial charge in [-0.2, -0.15) is 9.61 Å². The van der Waals surface area contributed by atoms with E-state index in [1.807, 2.05) is 60.8 Å². The molecule has 2 aliphatic rings. The highest BCUT2D eigenvalue weighted by Gasteiger charge is 2.46. The lowest BCUT2D eigenvalue weighted by atomic mass is 9.88. The van der Waals surface area contributed by atoms with Gasteiger partial charge in [-0.15, -0.1) is 0 Å². The summed E-state index contributed by atoms with van der Waals surface area (Å²) in [5.41, 5.74) is 5.17. The summed E-state index contributed by atoms with van der Waals surface area (Å²) in [7, 11) is -2.57. The Balaban J connectivity index is 1.40. The zero-order chi connectivity index (χ0) is 38.8. The van der Waals surface area contributed by atoms with Gasteiger partial charge in [-0.3, -0.25) is 4.98 Å². The van der Waals surface area contributed by atoms with Crippen LogP contribution in [0, 0.1) is 3.57 Å². The third-order valence-electron chi connectivity index (χ3n) is 10.2. The SMILES string of the molecule is CC(C)(C)OC(=O)N1[C@@H]2CC[C@H]1C[C@@H](c1nc3c(-c4ccc(-c5ccccc5)nc4)cnn3c(N(COCC[Si](C)(C)C)COCC[Si](C)(C)C)c1I)C2. The van der Waals surface area contributed by atoms with Crippen LogP contribution in [0.1, 0.15) is 58.1 Å². The van der Waals surface area contributed by atoms with E-state index in [9.17, 15) is 4.79 Å². The van der Waals surface area contributed by atoms with Crippen LogP contribution >= 0.6 is 22.6 Å². The second-order valence-corrected chi connectivity index (χ2v) is 30.7. The summed E-state index contributed by atoms with van der Waals surface area (Å²) >= 11 is 2.48. The number of carbonyl (C=O) groups is 1. The van der Waals surface area contributed by atoms with Gasteiger partial charge >= 0.3 is 6.09 Å². The molecule has 4 aromatic rings. The molecule has 0 N–H and O–H groups in total. The molecule has 3 atom stereocenters. The molecule has 2 aliphatic heterocycles. The van der Waals surface area contributed by atoms with Crippen LogP contribution in [0.4, 0.5) is 10.6 Å². The summed E-state index contributed by atoms with van der Waals surface area (Å²) in [6.07, 6.45) is 7.27. The Morgan fingerprint density at radius 2 is 1.48 bits per heavy atom. The molecule has 13 heteroatoms. The molecule has 6 rings (SSSR count). The molecule has 292 valence electrons. The summed E-state index contributed by atoms with van der Waals surface area (Å²) in [5, 5.41) is 5.00. The number of amides is 1. The second kappa shape index (κ2) is 16.7. The molecule has 0 saturated carbocycles. The van der Waals surface area contributed by atoms with E-state index in [4.69, 9.17) is 29.3 Å². The van der Waals surface area contributed by atoms with E-state index in [2.05, 4.69) is 91.0 Å². The van der Waals surface area contributed by atoms with Crippen molar-refractivity contribution in [2.75, 3.05) is 31.6 Å². The van der Waals surface area contributed by atoms with E-state index in [-0.39, 0.29) is 24.1 Å². The van der Waals surface area contributed by atoms with Crippen LogP contribution < -0.4 is 4.90 Å². The third kappa shape index (κ3) is 10.1. The first-order chi connectivity index (χ1) is 25.5. The molecule has 2 bridgehead atoms. The Morgan fingerprint density at radius 3 is 2.02 bits per heavy atom. The number of rotatable bonds is 14. The van der Waals surface area contributed by atoms with Gasteiger partial charge in [0.05, 0.1) is 21.2 Å². The smallest absolute Gasteiger partial charge is 0.410 e. The van der Waals surface area contributed by atoms with Gasteiger partial charge in [0.2, 0.25) is 0 Å². The van der Waals surface area contributed by atoms with Gasteiger partial charge in [-0.1, -0.05) is 75.7 Å². The van der Waals surface area contributed by atoms with Gasteiger partial charge in [-0.25, -0.2) is 9.78 Å². The average Bonchev–Trinajstić information content (AvgIpc) is 3.63. The maximum atomic E-state index is 13.4. The fourth-order valence-corrected chi connectivity index (χ4v) is 9.98. The summed E-state index contributed by atoms with van der Waals surface area (Å²) in [5.74, 6) is 1.10. The predicted molar refractivity (Wildman–Crippen MR) is 232 cm³/mol. The van der Waals surface area contributed by atoms with Gasteiger partial charge in [0.25, 0.3) is 0 Å². The Labute approximate surface area is 337 Å². The Kier molecular flexibility index (Phi) is 12.6. The maximum absolute atomic E-state index is 13.4. The zero-order valence-corrected chi connectivity index (χ0v) is 37.9. The zero-order valence-electron chi connectivity index (χ0n) is 33.7. The van der Waals surface area contributed by atoms with Crippen molar-refractivity contribution in [3.63, 3.8) is 0 Å². The molecule has 3 aromatic heterocycles. The lowest BCUT2D eigenvalue weighted by Crippen LogP contribution is -2.48. The number of fused-ring (bicyclic) bond motifs is 3. The average molecular weight is 883 g/mol. The fourth-order valence-electron chi connectivity index (χ4n) is 7.33. The molecule has 10 nitrogen and oxygen atoms in total. The van der Waals surface area contributed by atoms with Crippen LogP contribution in [0.3, 0.4) is 0 Å². The van der Waals surface area contributed by atoms with E-state index in [1.165, 1.54) is 0 Å². The first-order valence-corrected chi connectivity index (χ1v) is 28.0. The number of anilines is 1. The number of piperidine rings is 1. The topological polar surface area (TPSA) is 94.3 Å².